The van der Waals surface area contributed by atoms with E-state index in [0.29, 0.717) is 6.42 Å². The van der Waals surface area contributed by atoms with Gasteiger partial charge in [0.05, 0.1) is 6.20 Å². The van der Waals surface area contributed by atoms with Crippen LogP contribution in [0.2, 0.25) is 0 Å². The average Bonchev–Trinajstić information content (AvgIpc) is 2.53. The van der Waals surface area contributed by atoms with Crippen molar-refractivity contribution in [3.8, 4) is 0 Å². The molecule has 21 heavy (non-hydrogen) atoms. The van der Waals surface area contributed by atoms with Crippen LogP contribution in [0.25, 0.3) is 10.8 Å². The minimum atomic E-state index is -0.732. The predicted molar refractivity (Wildman–Crippen MR) is 81.4 cm³/mol. The second-order valence-electron chi connectivity index (χ2n) is 5.53. The molecule has 0 spiro atoms. The monoisotopic (exact) mass is 285 g/mol. The van der Waals surface area contributed by atoms with Gasteiger partial charge in [0.2, 0.25) is 0 Å². The van der Waals surface area contributed by atoms with Crippen molar-refractivity contribution in [2.24, 2.45) is 0 Å². The van der Waals surface area contributed by atoms with Gasteiger partial charge < -0.3 is 10.0 Å². The Morgan fingerprint density at radius 2 is 2.19 bits per heavy atom. The Hall–Kier alpha value is -2.17. The maximum absolute atomic E-state index is 10.9. The topological polar surface area (TPSA) is 66.3 Å². The minimum absolute atomic E-state index is 0.208. The van der Waals surface area contributed by atoms with Crippen LogP contribution in [0.4, 0.5) is 5.82 Å². The number of carbonyl (C=O) groups is 1. The highest BCUT2D eigenvalue weighted by molar-refractivity contribution is 5.91. The van der Waals surface area contributed by atoms with Crippen LogP contribution in [0.3, 0.4) is 0 Å². The Morgan fingerprint density at radius 3 is 3.05 bits per heavy atom. The summed E-state index contributed by atoms with van der Waals surface area (Å²) in [4.78, 5) is 13.1. The highest BCUT2D eigenvalue weighted by atomic mass is 16.4. The van der Waals surface area contributed by atoms with Gasteiger partial charge in [-0.15, -0.1) is 5.10 Å². The van der Waals surface area contributed by atoms with Crippen LogP contribution < -0.4 is 4.90 Å². The number of anilines is 1. The average molecular weight is 285 g/mol. The van der Waals surface area contributed by atoms with Crippen molar-refractivity contribution in [2.75, 3.05) is 11.4 Å². The summed E-state index contributed by atoms with van der Waals surface area (Å²) in [7, 11) is 0. The molecule has 1 atom stereocenters. The van der Waals surface area contributed by atoms with Gasteiger partial charge in [-0.05, 0) is 25.7 Å². The fraction of sp³-hybridized carbons (Fsp3) is 0.438. The number of aliphatic carboxylic acids is 1. The maximum atomic E-state index is 10.9. The second kappa shape index (κ2) is 6.08. The third-order valence-electron chi connectivity index (χ3n) is 4.14. The summed E-state index contributed by atoms with van der Waals surface area (Å²) < 4.78 is 0. The molecule has 0 saturated carbocycles. The van der Waals surface area contributed by atoms with Crippen molar-refractivity contribution in [1.29, 1.82) is 0 Å². The molecular formula is C16H19N3O2. The summed E-state index contributed by atoms with van der Waals surface area (Å²) in [6.07, 6.45) is 5.94. The van der Waals surface area contributed by atoms with E-state index >= 15 is 0 Å². The smallest absolute Gasteiger partial charge is 0.303 e. The van der Waals surface area contributed by atoms with Crippen LogP contribution in [-0.2, 0) is 4.79 Å². The Kier molecular flexibility index (Phi) is 3.99. The molecule has 1 aliphatic rings. The van der Waals surface area contributed by atoms with Crippen molar-refractivity contribution in [2.45, 2.75) is 38.1 Å². The van der Waals surface area contributed by atoms with E-state index in [1.165, 1.54) is 0 Å². The molecule has 0 radical (unpaired) electrons. The predicted octanol–water partition coefficient (Wildman–Crippen LogP) is 2.85. The first-order chi connectivity index (χ1) is 10.3. The zero-order chi connectivity index (χ0) is 14.7. The Morgan fingerprint density at radius 1 is 1.33 bits per heavy atom. The zero-order valence-electron chi connectivity index (χ0n) is 11.9. The number of rotatable bonds is 4. The van der Waals surface area contributed by atoms with E-state index in [0.717, 1.165) is 42.4 Å². The third-order valence-corrected chi connectivity index (χ3v) is 4.14. The van der Waals surface area contributed by atoms with Crippen molar-refractivity contribution >= 4 is 22.6 Å². The van der Waals surface area contributed by atoms with Gasteiger partial charge in [0.25, 0.3) is 0 Å². The van der Waals surface area contributed by atoms with Gasteiger partial charge in [0.1, 0.15) is 0 Å². The van der Waals surface area contributed by atoms with Gasteiger partial charge in [-0.25, -0.2) is 0 Å². The first-order valence-corrected chi connectivity index (χ1v) is 7.44. The van der Waals surface area contributed by atoms with Crippen LogP contribution in [0.5, 0.6) is 0 Å². The quantitative estimate of drug-likeness (QED) is 0.935. The number of carboxylic acids is 1. The molecule has 0 bridgehead atoms. The number of benzene rings is 1. The number of aromatic nitrogens is 2. The molecule has 1 saturated heterocycles. The molecule has 2 aromatic rings. The molecule has 5 heteroatoms. The largest absolute Gasteiger partial charge is 0.481 e. The third kappa shape index (κ3) is 2.96. The maximum Gasteiger partial charge on any atom is 0.303 e. The number of piperidine rings is 1. The SMILES string of the molecule is O=C(O)CCC1CCCCN1c1nncc2ccccc12. The Bertz CT molecular complexity index is 639. The number of nitrogens with zero attached hydrogens (tertiary/aromatic N) is 3. The highest BCUT2D eigenvalue weighted by Crippen LogP contribution is 2.30. The molecule has 3 rings (SSSR count). The first-order valence-electron chi connectivity index (χ1n) is 7.44. The fourth-order valence-corrected chi connectivity index (χ4v) is 3.09. The van der Waals surface area contributed by atoms with Crippen molar-refractivity contribution < 1.29 is 9.90 Å². The lowest BCUT2D eigenvalue weighted by atomic mass is 9.97. The second-order valence-corrected chi connectivity index (χ2v) is 5.53. The Labute approximate surface area is 123 Å². The van der Waals surface area contributed by atoms with Crippen molar-refractivity contribution in [3.63, 3.8) is 0 Å². The van der Waals surface area contributed by atoms with Crippen LogP contribution in [0.15, 0.2) is 30.5 Å². The molecule has 1 aliphatic heterocycles. The fourth-order valence-electron chi connectivity index (χ4n) is 3.09. The molecule has 1 aromatic carbocycles. The molecule has 5 nitrogen and oxygen atoms in total. The standard InChI is InChI=1S/C16H19N3O2/c20-15(21)9-8-13-6-3-4-10-19(13)16-14-7-2-1-5-12(14)11-17-18-16/h1-2,5,7,11,13H,3-4,6,8-10H2,(H,20,21). The lowest BCUT2D eigenvalue weighted by molar-refractivity contribution is -0.137. The molecule has 1 fully saturated rings. The normalized spacial score (nSPS) is 18.9. The van der Waals surface area contributed by atoms with E-state index in [1.54, 1.807) is 6.20 Å². The van der Waals surface area contributed by atoms with Crippen LogP contribution >= 0.6 is 0 Å². The van der Waals surface area contributed by atoms with E-state index in [4.69, 9.17) is 5.11 Å². The molecule has 110 valence electrons. The zero-order valence-corrected chi connectivity index (χ0v) is 11.9. The number of carboxylic acid groups (broad SMARTS) is 1. The molecular weight excluding hydrogens is 266 g/mol. The highest BCUT2D eigenvalue weighted by Gasteiger charge is 2.25. The van der Waals surface area contributed by atoms with Gasteiger partial charge in [-0.2, -0.15) is 5.10 Å². The van der Waals surface area contributed by atoms with Crippen molar-refractivity contribution in [1.82, 2.24) is 10.2 Å². The van der Waals surface area contributed by atoms with E-state index in [-0.39, 0.29) is 12.5 Å². The van der Waals surface area contributed by atoms with Gasteiger partial charge in [-0.1, -0.05) is 24.3 Å². The van der Waals surface area contributed by atoms with Gasteiger partial charge in [-0.3, -0.25) is 4.79 Å². The summed E-state index contributed by atoms with van der Waals surface area (Å²) in [6, 6.07) is 8.33. The summed E-state index contributed by atoms with van der Waals surface area (Å²) in [5.41, 5.74) is 0. The van der Waals surface area contributed by atoms with Crippen LogP contribution in [0.1, 0.15) is 32.1 Å². The minimum Gasteiger partial charge on any atom is -0.481 e. The molecule has 1 unspecified atom stereocenters. The van der Waals surface area contributed by atoms with Crippen LogP contribution in [0, 0.1) is 0 Å². The van der Waals surface area contributed by atoms with Crippen molar-refractivity contribution in [3.05, 3.63) is 30.5 Å². The van der Waals surface area contributed by atoms with E-state index in [9.17, 15) is 4.79 Å². The molecule has 1 N–H and O–H groups in total. The Balaban J connectivity index is 1.92. The molecule has 2 heterocycles. The van der Waals surface area contributed by atoms with E-state index in [1.807, 2.05) is 18.2 Å². The van der Waals surface area contributed by atoms with Gasteiger partial charge >= 0.3 is 5.97 Å². The van der Waals surface area contributed by atoms with Gasteiger partial charge in [0, 0.05) is 29.8 Å². The number of hydrogen-bond donors (Lipinski definition) is 1. The first kappa shape index (κ1) is 13.8. The lowest BCUT2D eigenvalue weighted by Gasteiger charge is -2.36. The van der Waals surface area contributed by atoms with E-state index < -0.39 is 5.97 Å². The lowest BCUT2D eigenvalue weighted by Crippen LogP contribution is -2.40. The van der Waals surface area contributed by atoms with Gasteiger partial charge in [0.15, 0.2) is 5.82 Å². The van der Waals surface area contributed by atoms with E-state index in [2.05, 4.69) is 21.2 Å². The number of fused-ring (bicyclic) bond motifs is 1. The molecule has 0 aliphatic carbocycles. The van der Waals surface area contributed by atoms with Crippen LogP contribution in [-0.4, -0.2) is 33.9 Å². The molecule has 1 aromatic heterocycles. The summed E-state index contributed by atoms with van der Waals surface area (Å²) in [5, 5.41) is 19.5. The summed E-state index contributed by atoms with van der Waals surface area (Å²) >= 11 is 0. The molecule has 0 amide bonds. The summed E-state index contributed by atoms with van der Waals surface area (Å²) in [5.74, 6) is 0.160. The summed E-state index contributed by atoms with van der Waals surface area (Å²) in [6.45, 7) is 0.924. The number of hydrogen-bond acceptors (Lipinski definition) is 4.